The zero-order valence-electron chi connectivity index (χ0n) is 11.2. The molecule has 1 atom stereocenters. The third kappa shape index (κ3) is 4.63. The van der Waals surface area contributed by atoms with Crippen molar-refractivity contribution < 1.29 is 9.50 Å². The molecule has 3 nitrogen and oxygen atoms in total. The lowest BCUT2D eigenvalue weighted by molar-refractivity contribution is 0.198. The van der Waals surface area contributed by atoms with Gasteiger partial charge in [-0.05, 0) is 51.0 Å². The molecule has 0 saturated carbocycles. The van der Waals surface area contributed by atoms with Crippen LogP contribution in [0, 0.1) is 5.82 Å². The maximum absolute atomic E-state index is 12.8. The van der Waals surface area contributed by atoms with Gasteiger partial charge in [0.25, 0.3) is 0 Å². The van der Waals surface area contributed by atoms with E-state index in [4.69, 9.17) is 10.8 Å². The quantitative estimate of drug-likeness (QED) is 0.784. The lowest BCUT2D eigenvalue weighted by Crippen LogP contribution is -2.40. The van der Waals surface area contributed by atoms with E-state index >= 15 is 0 Å². The molecule has 0 aliphatic heterocycles. The van der Waals surface area contributed by atoms with E-state index in [2.05, 4.69) is 11.8 Å². The minimum Gasteiger partial charge on any atom is -0.394 e. The molecule has 3 N–H and O–H groups in total. The number of aliphatic hydroxyl groups is 1. The highest BCUT2D eigenvalue weighted by Crippen LogP contribution is 2.16. The van der Waals surface area contributed by atoms with Crippen LogP contribution in [-0.2, 0) is 0 Å². The topological polar surface area (TPSA) is 49.5 Å². The van der Waals surface area contributed by atoms with Crippen molar-refractivity contribution in [1.29, 1.82) is 0 Å². The minimum atomic E-state index is -0.512. The van der Waals surface area contributed by atoms with Crippen LogP contribution in [0.3, 0.4) is 0 Å². The van der Waals surface area contributed by atoms with E-state index in [1.807, 2.05) is 6.92 Å². The highest BCUT2D eigenvalue weighted by Gasteiger charge is 2.16. The van der Waals surface area contributed by atoms with E-state index in [0.29, 0.717) is 0 Å². The fourth-order valence-corrected chi connectivity index (χ4v) is 1.87. The molecule has 0 bridgehead atoms. The number of nitrogens with zero attached hydrogens (tertiary/aromatic N) is 1. The predicted octanol–water partition coefficient (Wildman–Crippen LogP) is 2.14. The van der Waals surface area contributed by atoms with Gasteiger partial charge >= 0.3 is 0 Å². The van der Waals surface area contributed by atoms with Gasteiger partial charge in [-0.15, -0.1) is 0 Å². The predicted molar refractivity (Wildman–Crippen MR) is 73.2 cm³/mol. The Hall–Kier alpha value is -1.13. The van der Waals surface area contributed by atoms with Crippen molar-refractivity contribution in [2.24, 2.45) is 5.73 Å². The summed E-state index contributed by atoms with van der Waals surface area (Å²) < 4.78 is 12.8. The summed E-state index contributed by atoms with van der Waals surface area (Å²) in [5.74, 6) is -0.218. The fourth-order valence-electron chi connectivity index (χ4n) is 1.87. The highest BCUT2D eigenvalue weighted by atomic mass is 19.1. The molecule has 0 heterocycles. The van der Waals surface area contributed by atoms with Crippen LogP contribution >= 0.6 is 0 Å². The molecule has 102 valence electrons. The normalized spacial score (nSPS) is 14.3. The number of rotatable bonds is 7. The number of hydrogen-bond donors (Lipinski definition) is 2. The SMILES string of the molecule is CCN(CCCC(C)(N)CO)c1ccc(F)cc1. The fraction of sp³-hybridized carbons (Fsp3) is 0.571. The Morgan fingerprint density at radius 3 is 2.44 bits per heavy atom. The molecule has 0 spiro atoms. The van der Waals surface area contributed by atoms with Gasteiger partial charge in [-0.25, -0.2) is 4.39 Å². The third-order valence-corrected chi connectivity index (χ3v) is 3.11. The monoisotopic (exact) mass is 254 g/mol. The Kier molecular flexibility index (Phi) is 5.56. The summed E-state index contributed by atoms with van der Waals surface area (Å²) in [7, 11) is 0. The Labute approximate surface area is 108 Å². The summed E-state index contributed by atoms with van der Waals surface area (Å²) in [5, 5.41) is 9.08. The van der Waals surface area contributed by atoms with E-state index in [9.17, 15) is 4.39 Å². The zero-order chi connectivity index (χ0) is 13.6. The summed E-state index contributed by atoms with van der Waals surface area (Å²) in [6, 6.07) is 6.51. The molecule has 0 saturated heterocycles. The number of aliphatic hydroxyl groups excluding tert-OH is 1. The van der Waals surface area contributed by atoms with Gasteiger partial charge in [-0.1, -0.05) is 0 Å². The largest absolute Gasteiger partial charge is 0.394 e. The first-order valence-corrected chi connectivity index (χ1v) is 6.39. The number of anilines is 1. The molecular formula is C14H23FN2O. The molecule has 0 aliphatic rings. The molecule has 1 rings (SSSR count). The van der Waals surface area contributed by atoms with E-state index in [1.54, 1.807) is 12.1 Å². The molecule has 1 aromatic carbocycles. The van der Waals surface area contributed by atoms with Gasteiger partial charge in [0.1, 0.15) is 5.82 Å². The average molecular weight is 254 g/mol. The molecule has 0 radical (unpaired) electrons. The summed E-state index contributed by atoms with van der Waals surface area (Å²) in [5.41, 5.74) is 6.39. The van der Waals surface area contributed by atoms with Gasteiger partial charge in [0, 0.05) is 24.3 Å². The van der Waals surface area contributed by atoms with Crippen LogP contribution in [0.4, 0.5) is 10.1 Å². The zero-order valence-corrected chi connectivity index (χ0v) is 11.2. The molecule has 0 amide bonds. The first-order valence-electron chi connectivity index (χ1n) is 6.39. The molecule has 4 heteroatoms. The van der Waals surface area contributed by atoms with Gasteiger partial charge in [0.05, 0.1) is 6.61 Å². The maximum Gasteiger partial charge on any atom is 0.123 e. The van der Waals surface area contributed by atoms with Crippen LogP contribution in [0.1, 0.15) is 26.7 Å². The van der Waals surface area contributed by atoms with Crippen LogP contribution in [0.15, 0.2) is 24.3 Å². The number of benzene rings is 1. The van der Waals surface area contributed by atoms with Gasteiger partial charge in [-0.2, -0.15) is 0 Å². The lowest BCUT2D eigenvalue weighted by atomic mass is 9.98. The summed E-state index contributed by atoms with van der Waals surface area (Å²) in [6.07, 6.45) is 1.67. The molecule has 0 fully saturated rings. The summed E-state index contributed by atoms with van der Waals surface area (Å²) >= 11 is 0. The number of hydrogen-bond acceptors (Lipinski definition) is 3. The molecular weight excluding hydrogens is 231 g/mol. The second kappa shape index (κ2) is 6.71. The minimum absolute atomic E-state index is 0.00429. The van der Waals surface area contributed by atoms with Crippen LogP contribution in [-0.4, -0.2) is 30.3 Å². The van der Waals surface area contributed by atoms with Gasteiger partial charge in [-0.3, -0.25) is 0 Å². The molecule has 1 unspecified atom stereocenters. The lowest BCUT2D eigenvalue weighted by Gasteiger charge is -2.26. The van der Waals surface area contributed by atoms with Crippen molar-refractivity contribution in [3.05, 3.63) is 30.1 Å². The molecule has 18 heavy (non-hydrogen) atoms. The van der Waals surface area contributed by atoms with Crippen molar-refractivity contribution in [1.82, 2.24) is 0 Å². The van der Waals surface area contributed by atoms with Gasteiger partial charge in [0.2, 0.25) is 0 Å². The van der Waals surface area contributed by atoms with Crippen LogP contribution in [0.2, 0.25) is 0 Å². The Balaban J connectivity index is 2.50. The first kappa shape index (κ1) is 14.9. The van der Waals surface area contributed by atoms with E-state index in [-0.39, 0.29) is 12.4 Å². The standard InChI is InChI=1S/C14H23FN2O/c1-3-17(10-4-9-14(2,16)11-18)13-7-5-12(15)6-8-13/h5-8,18H,3-4,9-11,16H2,1-2H3. The van der Waals surface area contributed by atoms with Crippen LogP contribution in [0.25, 0.3) is 0 Å². The van der Waals surface area contributed by atoms with Gasteiger partial charge < -0.3 is 15.7 Å². The van der Waals surface area contributed by atoms with E-state index < -0.39 is 5.54 Å². The van der Waals surface area contributed by atoms with Crippen LogP contribution in [0.5, 0.6) is 0 Å². The Bertz CT molecular complexity index is 351. The van der Waals surface area contributed by atoms with Crippen LogP contribution < -0.4 is 10.6 Å². The average Bonchev–Trinajstić information content (AvgIpc) is 2.36. The second-order valence-corrected chi connectivity index (χ2v) is 4.97. The van der Waals surface area contributed by atoms with Crippen molar-refractivity contribution in [3.63, 3.8) is 0 Å². The van der Waals surface area contributed by atoms with E-state index in [1.165, 1.54) is 12.1 Å². The molecule has 0 aromatic heterocycles. The second-order valence-electron chi connectivity index (χ2n) is 4.97. The first-order chi connectivity index (χ1) is 8.48. The number of nitrogens with two attached hydrogens (primary N) is 1. The smallest absolute Gasteiger partial charge is 0.123 e. The Morgan fingerprint density at radius 2 is 1.94 bits per heavy atom. The third-order valence-electron chi connectivity index (χ3n) is 3.11. The van der Waals surface area contributed by atoms with Gasteiger partial charge in [0.15, 0.2) is 0 Å². The number of halogens is 1. The van der Waals surface area contributed by atoms with E-state index in [0.717, 1.165) is 31.6 Å². The van der Waals surface area contributed by atoms with Crippen molar-refractivity contribution in [2.45, 2.75) is 32.2 Å². The van der Waals surface area contributed by atoms with Crippen molar-refractivity contribution in [2.75, 3.05) is 24.6 Å². The van der Waals surface area contributed by atoms with Crippen molar-refractivity contribution in [3.8, 4) is 0 Å². The summed E-state index contributed by atoms with van der Waals surface area (Å²) in [6.45, 7) is 5.63. The highest BCUT2D eigenvalue weighted by molar-refractivity contribution is 5.45. The molecule has 1 aromatic rings. The van der Waals surface area contributed by atoms with Crippen molar-refractivity contribution >= 4 is 5.69 Å². The molecule has 0 aliphatic carbocycles. The maximum atomic E-state index is 12.8. The Morgan fingerprint density at radius 1 is 1.33 bits per heavy atom. The summed E-state index contributed by atoms with van der Waals surface area (Å²) in [4.78, 5) is 2.17.